The molecular weight excluding hydrogens is 296 g/mol. The fraction of sp³-hybridized carbons (Fsp3) is 0.882. The first-order valence-corrected chi connectivity index (χ1v) is 9.03. The van der Waals surface area contributed by atoms with E-state index >= 15 is 0 Å². The number of carbonyl (C=O) groups excluding carboxylic acids is 2. The molecule has 0 aromatic carbocycles. The molecule has 1 atom stereocenters. The lowest BCUT2D eigenvalue weighted by molar-refractivity contribution is -0.188. The first-order valence-electron chi connectivity index (χ1n) is 9.03. The smallest absolute Gasteiger partial charge is 0.228 e. The maximum absolute atomic E-state index is 12.8. The van der Waals surface area contributed by atoms with Crippen molar-refractivity contribution in [3.05, 3.63) is 0 Å². The maximum atomic E-state index is 12.8. The summed E-state index contributed by atoms with van der Waals surface area (Å²) in [6.45, 7) is 3.28. The van der Waals surface area contributed by atoms with Gasteiger partial charge in [0.25, 0.3) is 0 Å². The van der Waals surface area contributed by atoms with Crippen LogP contribution in [0.25, 0.3) is 0 Å². The van der Waals surface area contributed by atoms with Crippen molar-refractivity contribution in [2.45, 2.75) is 56.8 Å². The third-order valence-corrected chi connectivity index (χ3v) is 5.92. The Morgan fingerprint density at radius 1 is 1.09 bits per heavy atom. The maximum Gasteiger partial charge on any atom is 0.228 e. The van der Waals surface area contributed by atoms with E-state index in [1.54, 1.807) is 0 Å². The first kappa shape index (κ1) is 15.4. The minimum absolute atomic E-state index is 0.145. The average molecular weight is 322 g/mol. The molecule has 1 spiro atoms. The molecule has 128 valence electrons. The number of carbonyl (C=O) groups is 2. The molecule has 3 aliphatic heterocycles. The van der Waals surface area contributed by atoms with Crippen molar-refractivity contribution in [1.82, 2.24) is 9.80 Å². The average Bonchev–Trinajstić information content (AvgIpc) is 3.28. The van der Waals surface area contributed by atoms with Gasteiger partial charge in [0.15, 0.2) is 5.79 Å². The van der Waals surface area contributed by atoms with Crippen LogP contribution in [0.1, 0.15) is 44.9 Å². The van der Waals surface area contributed by atoms with Gasteiger partial charge in [-0.15, -0.1) is 0 Å². The van der Waals surface area contributed by atoms with Crippen molar-refractivity contribution >= 4 is 11.8 Å². The number of amides is 2. The number of hydrogen-bond donors (Lipinski definition) is 0. The Bertz CT molecular complexity index is 473. The molecule has 1 aliphatic carbocycles. The van der Waals surface area contributed by atoms with Gasteiger partial charge < -0.3 is 19.3 Å². The number of rotatable bonds is 2. The van der Waals surface area contributed by atoms with Crippen molar-refractivity contribution in [1.29, 1.82) is 0 Å². The zero-order chi connectivity index (χ0) is 15.9. The van der Waals surface area contributed by atoms with Crippen molar-refractivity contribution in [3.63, 3.8) is 0 Å². The van der Waals surface area contributed by atoms with Crippen LogP contribution in [0.15, 0.2) is 0 Å². The molecule has 3 heterocycles. The fourth-order valence-electron chi connectivity index (χ4n) is 4.58. The van der Waals surface area contributed by atoms with Crippen LogP contribution in [-0.4, -0.2) is 66.3 Å². The van der Waals surface area contributed by atoms with E-state index in [2.05, 4.69) is 0 Å². The molecule has 1 saturated carbocycles. The molecule has 6 nitrogen and oxygen atoms in total. The van der Waals surface area contributed by atoms with Gasteiger partial charge in [-0.25, -0.2) is 0 Å². The Hall–Kier alpha value is -1.14. The molecule has 3 saturated heterocycles. The van der Waals surface area contributed by atoms with Crippen LogP contribution in [0.2, 0.25) is 0 Å². The topological polar surface area (TPSA) is 59.1 Å². The van der Waals surface area contributed by atoms with Crippen molar-refractivity contribution < 1.29 is 19.1 Å². The van der Waals surface area contributed by atoms with Gasteiger partial charge >= 0.3 is 0 Å². The van der Waals surface area contributed by atoms with Gasteiger partial charge in [-0.05, 0) is 12.8 Å². The van der Waals surface area contributed by atoms with E-state index in [0.717, 1.165) is 25.7 Å². The van der Waals surface area contributed by atoms with Crippen LogP contribution in [0.5, 0.6) is 0 Å². The summed E-state index contributed by atoms with van der Waals surface area (Å²) in [6, 6.07) is 0.380. The Balaban J connectivity index is 1.34. The number of likely N-dealkylation sites (tertiary alicyclic amines) is 2. The van der Waals surface area contributed by atoms with Crippen molar-refractivity contribution in [3.8, 4) is 0 Å². The zero-order valence-corrected chi connectivity index (χ0v) is 13.7. The van der Waals surface area contributed by atoms with E-state index in [4.69, 9.17) is 9.47 Å². The standard InChI is InChI=1S/C17H26N2O4/c20-15-11-13(12-19(15)14-3-1-2-4-14)16(21)18-7-5-17(6-8-18)22-9-10-23-17/h13-14H,1-12H2/t13-/m1/s1. The summed E-state index contributed by atoms with van der Waals surface area (Å²) >= 11 is 0. The quantitative estimate of drug-likeness (QED) is 0.765. The lowest BCUT2D eigenvalue weighted by Crippen LogP contribution is -2.49. The lowest BCUT2D eigenvalue weighted by atomic mass is 10.0. The first-order chi connectivity index (χ1) is 11.2. The molecule has 0 unspecified atom stereocenters. The van der Waals surface area contributed by atoms with E-state index in [1.807, 2.05) is 9.80 Å². The molecule has 0 radical (unpaired) electrons. The van der Waals surface area contributed by atoms with Crippen molar-refractivity contribution in [2.75, 3.05) is 32.8 Å². The Kier molecular flexibility index (Phi) is 4.05. The Morgan fingerprint density at radius 3 is 2.39 bits per heavy atom. The molecule has 23 heavy (non-hydrogen) atoms. The number of hydrogen-bond acceptors (Lipinski definition) is 4. The van der Waals surface area contributed by atoms with Crippen LogP contribution >= 0.6 is 0 Å². The predicted molar refractivity (Wildman–Crippen MR) is 82.5 cm³/mol. The fourth-order valence-corrected chi connectivity index (χ4v) is 4.58. The third-order valence-electron chi connectivity index (χ3n) is 5.92. The molecule has 0 N–H and O–H groups in total. The summed E-state index contributed by atoms with van der Waals surface area (Å²) in [6.07, 6.45) is 6.51. The molecule has 0 aromatic heterocycles. The van der Waals surface area contributed by atoms with Crippen LogP contribution in [0, 0.1) is 5.92 Å². The van der Waals surface area contributed by atoms with Gasteiger partial charge in [-0.2, -0.15) is 0 Å². The van der Waals surface area contributed by atoms with E-state index in [1.165, 1.54) is 12.8 Å². The minimum Gasteiger partial charge on any atom is -0.347 e. The Morgan fingerprint density at radius 2 is 1.74 bits per heavy atom. The monoisotopic (exact) mass is 322 g/mol. The summed E-state index contributed by atoms with van der Waals surface area (Å²) in [5, 5.41) is 0. The molecule has 4 rings (SSSR count). The van der Waals surface area contributed by atoms with Crippen LogP contribution in [-0.2, 0) is 19.1 Å². The summed E-state index contributed by atoms with van der Waals surface area (Å²) in [7, 11) is 0. The van der Waals surface area contributed by atoms with E-state index in [9.17, 15) is 9.59 Å². The Labute approximate surface area is 137 Å². The molecule has 4 fully saturated rings. The largest absolute Gasteiger partial charge is 0.347 e. The molecule has 0 bridgehead atoms. The summed E-state index contributed by atoms with van der Waals surface area (Å²) < 4.78 is 11.4. The van der Waals surface area contributed by atoms with Crippen molar-refractivity contribution in [2.24, 2.45) is 5.92 Å². The number of piperidine rings is 1. The second-order valence-corrected chi connectivity index (χ2v) is 7.32. The highest BCUT2D eigenvalue weighted by Gasteiger charge is 2.44. The summed E-state index contributed by atoms with van der Waals surface area (Å²) in [5.74, 6) is -0.279. The van der Waals surface area contributed by atoms with Crippen LogP contribution < -0.4 is 0 Å². The van der Waals surface area contributed by atoms with Gasteiger partial charge in [0.1, 0.15) is 0 Å². The summed E-state index contributed by atoms with van der Waals surface area (Å²) in [4.78, 5) is 28.9. The van der Waals surface area contributed by atoms with Gasteiger partial charge in [0.05, 0.1) is 19.1 Å². The van der Waals surface area contributed by atoms with Gasteiger partial charge in [0, 0.05) is 44.9 Å². The highest BCUT2D eigenvalue weighted by molar-refractivity contribution is 5.89. The molecular formula is C17H26N2O4. The second-order valence-electron chi connectivity index (χ2n) is 7.32. The highest BCUT2D eigenvalue weighted by Crippen LogP contribution is 2.34. The van der Waals surface area contributed by atoms with E-state index in [-0.39, 0.29) is 17.7 Å². The molecule has 2 amide bonds. The second kappa shape index (κ2) is 6.06. The van der Waals surface area contributed by atoms with E-state index < -0.39 is 5.79 Å². The van der Waals surface area contributed by atoms with Crippen LogP contribution in [0.3, 0.4) is 0 Å². The minimum atomic E-state index is -0.446. The summed E-state index contributed by atoms with van der Waals surface area (Å²) in [5.41, 5.74) is 0. The zero-order valence-electron chi connectivity index (χ0n) is 13.7. The number of nitrogens with zero attached hydrogens (tertiary/aromatic N) is 2. The lowest BCUT2D eigenvalue weighted by Gasteiger charge is -2.38. The van der Waals surface area contributed by atoms with Gasteiger partial charge in [0.2, 0.25) is 11.8 Å². The van der Waals surface area contributed by atoms with Gasteiger partial charge in [-0.3, -0.25) is 9.59 Å². The normalized spacial score (nSPS) is 31.5. The molecule has 4 aliphatic rings. The third kappa shape index (κ3) is 2.87. The van der Waals surface area contributed by atoms with Crippen LogP contribution in [0.4, 0.5) is 0 Å². The molecule has 0 aromatic rings. The highest BCUT2D eigenvalue weighted by atomic mass is 16.7. The number of ether oxygens (including phenoxy) is 2. The molecule has 6 heteroatoms. The van der Waals surface area contributed by atoms with E-state index in [0.29, 0.717) is 45.3 Å². The predicted octanol–water partition coefficient (Wildman–Crippen LogP) is 1.14. The van der Waals surface area contributed by atoms with Gasteiger partial charge in [-0.1, -0.05) is 12.8 Å². The SMILES string of the molecule is O=C([C@@H]1CC(=O)N(C2CCCC2)C1)N1CCC2(CC1)OCCO2.